The van der Waals surface area contributed by atoms with E-state index in [-0.39, 0.29) is 12.1 Å². The van der Waals surface area contributed by atoms with Crippen LogP contribution in [-0.2, 0) is 0 Å². The minimum atomic E-state index is -0.201. The third-order valence-corrected chi connectivity index (χ3v) is 7.48. The number of hydrogen-bond acceptors (Lipinski definition) is 7. The molecule has 6 rings (SSSR count). The zero-order valence-electron chi connectivity index (χ0n) is 17.0. The first-order valence-electron chi connectivity index (χ1n) is 10.5. The van der Waals surface area contributed by atoms with Gasteiger partial charge in [-0.15, -0.1) is 11.3 Å². The topological polar surface area (TPSA) is 103 Å². The Morgan fingerprint density at radius 2 is 1.97 bits per heavy atom. The molecule has 0 spiro atoms. The van der Waals surface area contributed by atoms with Crippen LogP contribution in [0.2, 0.25) is 5.02 Å². The molecule has 162 valence electrons. The van der Waals surface area contributed by atoms with Gasteiger partial charge in [0.1, 0.15) is 0 Å². The monoisotopic (exact) mass is 465 g/mol. The van der Waals surface area contributed by atoms with E-state index in [1.165, 1.54) is 0 Å². The van der Waals surface area contributed by atoms with Crippen molar-refractivity contribution in [3.8, 4) is 22.5 Å². The van der Waals surface area contributed by atoms with Gasteiger partial charge >= 0.3 is 0 Å². The molecule has 7 nitrogen and oxygen atoms in total. The molecule has 0 saturated heterocycles. The number of nitrogens with zero attached hydrogens (tertiary/aromatic N) is 4. The van der Waals surface area contributed by atoms with Gasteiger partial charge < -0.3 is 15.3 Å². The highest BCUT2D eigenvalue weighted by molar-refractivity contribution is 7.17. The van der Waals surface area contributed by atoms with Gasteiger partial charge in [-0.3, -0.25) is 4.68 Å². The van der Waals surface area contributed by atoms with Crippen LogP contribution < -0.4 is 5.73 Å². The Morgan fingerprint density at radius 1 is 1.12 bits per heavy atom. The van der Waals surface area contributed by atoms with Crippen molar-refractivity contribution in [3.63, 3.8) is 0 Å². The Kier molecular flexibility index (Phi) is 4.67. The number of aromatic nitrogens is 4. The number of halogens is 1. The highest BCUT2D eigenvalue weighted by Gasteiger charge is 2.25. The van der Waals surface area contributed by atoms with Crippen LogP contribution in [0.4, 0.5) is 5.82 Å². The summed E-state index contributed by atoms with van der Waals surface area (Å²) in [5.41, 5.74) is 12.0. The molecule has 1 aliphatic rings. The molecule has 1 saturated carbocycles. The fourth-order valence-corrected chi connectivity index (χ4v) is 5.67. The van der Waals surface area contributed by atoms with Crippen molar-refractivity contribution in [1.29, 1.82) is 0 Å². The second kappa shape index (κ2) is 7.58. The summed E-state index contributed by atoms with van der Waals surface area (Å²) in [7, 11) is 0. The molecule has 4 aromatic heterocycles. The highest BCUT2D eigenvalue weighted by atomic mass is 35.5. The minimum Gasteiger partial charge on any atom is -0.450 e. The predicted octanol–water partition coefficient (Wildman–Crippen LogP) is 5.68. The molecule has 5 aromatic rings. The normalized spacial score (nSPS) is 19.2. The first kappa shape index (κ1) is 19.7. The number of thiazole rings is 1. The fourth-order valence-electron chi connectivity index (χ4n) is 4.55. The standard InChI is InChI=1S/C23H20ClN5O2S/c24-19-18-16(12-8-28-29(10-12)13-4-6-14(30)7-5-13)9-26-23(25)21(18)31-20(19)15-2-1-3-17-22(15)32-11-27-17/h1-3,8-11,13-14,30H,4-7H2,(H2,25,26)/t13-,14-. The van der Waals surface area contributed by atoms with Crippen molar-refractivity contribution >= 4 is 49.9 Å². The van der Waals surface area contributed by atoms with Gasteiger partial charge in [-0.1, -0.05) is 17.7 Å². The predicted molar refractivity (Wildman–Crippen MR) is 127 cm³/mol. The molecule has 32 heavy (non-hydrogen) atoms. The van der Waals surface area contributed by atoms with Crippen LogP contribution in [0.5, 0.6) is 0 Å². The van der Waals surface area contributed by atoms with E-state index in [4.69, 9.17) is 21.8 Å². The molecule has 0 aliphatic heterocycles. The van der Waals surface area contributed by atoms with Gasteiger partial charge in [0.15, 0.2) is 17.2 Å². The third kappa shape index (κ3) is 3.09. The third-order valence-electron chi connectivity index (χ3n) is 6.24. The zero-order valence-corrected chi connectivity index (χ0v) is 18.6. The molecule has 0 atom stereocenters. The average molecular weight is 466 g/mol. The number of pyridine rings is 1. The number of benzene rings is 1. The van der Waals surface area contributed by atoms with E-state index in [0.29, 0.717) is 22.2 Å². The quantitative estimate of drug-likeness (QED) is 0.355. The Balaban J connectivity index is 1.48. The smallest absolute Gasteiger partial charge is 0.179 e. The Labute approximate surface area is 192 Å². The largest absolute Gasteiger partial charge is 0.450 e. The van der Waals surface area contributed by atoms with Gasteiger partial charge in [0.2, 0.25) is 0 Å². The van der Waals surface area contributed by atoms with Gasteiger partial charge in [0.05, 0.1) is 44.5 Å². The van der Waals surface area contributed by atoms with Crippen molar-refractivity contribution in [2.75, 3.05) is 5.73 Å². The second-order valence-electron chi connectivity index (χ2n) is 8.18. The van der Waals surface area contributed by atoms with E-state index in [2.05, 4.69) is 15.1 Å². The maximum atomic E-state index is 9.80. The van der Waals surface area contributed by atoms with Crippen LogP contribution in [0, 0.1) is 0 Å². The van der Waals surface area contributed by atoms with Gasteiger partial charge in [0, 0.05) is 29.1 Å². The fraction of sp³-hybridized carbons (Fsp3) is 0.261. The lowest BCUT2D eigenvalue weighted by Gasteiger charge is -2.25. The number of nitrogens with two attached hydrogens (primary N) is 1. The van der Waals surface area contributed by atoms with Crippen LogP contribution in [0.15, 0.2) is 46.7 Å². The molecule has 0 radical (unpaired) electrons. The number of rotatable bonds is 3. The average Bonchev–Trinajstić information content (AvgIpc) is 3.54. The number of nitrogen functional groups attached to an aromatic ring is 1. The SMILES string of the molecule is Nc1ncc(-c2cnn([C@H]3CC[C@H](O)CC3)c2)c2c(Cl)c(-c3cccc4ncsc34)oc12. The number of fused-ring (bicyclic) bond motifs is 2. The molecular formula is C23H20ClN5O2S. The number of aliphatic hydroxyl groups is 1. The van der Waals surface area contributed by atoms with Gasteiger partial charge in [0.25, 0.3) is 0 Å². The zero-order chi connectivity index (χ0) is 21.8. The van der Waals surface area contributed by atoms with Gasteiger partial charge in [-0.25, -0.2) is 9.97 Å². The molecule has 1 aliphatic carbocycles. The van der Waals surface area contributed by atoms with Gasteiger partial charge in [-0.05, 0) is 37.8 Å². The van der Waals surface area contributed by atoms with Crippen molar-refractivity contribution in [1.82, 2.24) is 19.7 Å². The summed E-state index contributed by atoms with van der Waals surface area (Å²) in [6.07, 6.45) is 8.78. The minimum absolute atomic E-state index is 0.201. The van der Waals surface area contributed by atoms with E-state index in [9.17, 15) is 5.11 Å². The molecule has 0 amide bonds. The summed E-state index contributed by atoms with van der Waals surface area (Å²) in [5, 5.41) is 15.6. The maximum absolute atomic E-state index is 9.80. The van der Waals surface area contributed by atoms with E-state index in [1.54, 1.807) is 17.5 Å². The molecule has 0 bridgehead atoms. The molecule has 3 N–H and O–H groups in total. The summed E-state index contributed by atoms with van der Waals surface area (Å²) < 4.78 is 9.19. The lowest BCUT2D eigenvalue weighted by Crippen LogP contribution is -2.21. The maximum Gasteiger partial charge on any atom is 0.179 e. The lowest BCUT2D eigenvalue weighted by atomic mass is 9.93. The van der Waals surface area contributed by atoms with Crippen molar-refractivity contribution in [2.24, 2.45) is 0 Å². The number of furan rings is 1. The summed E-state index contributed by atoms with van der Waals surface area (Å²) in [6, 6.07) is 6.16. The highest BCUT2D eigenvalue weighted by Crippen LogP contribution is 2.45. The molecule has 0 unspecified atom stereocenters. The van der Waals surface area contributed by atoms with Crippen LogP contribution >= 0.6 is 22.9 Å². The number of anilines is 1. The lowest BCUT2D eigenvalue weighted by molar-refractivity contribution is 0.108. The van der Waals surface area contributed by atoms with Crippen molar-refractivity contribution in [3.05, 3.63) is 47.3 Å². The summed E-state index contributed by atoms with van der Waals surface area (Å²) in [6.45, 7) is 0. The molecule has 1 fully saturated rings. The number of hydrogen-bond donors (Lipinski definition) is 2. The van der Waals surface area contributed by atoms with Crippen LogP contribution in [0.1, 0.15) is 31.7 Å². The van der Waals surface area contributed by atoms with Crippen molar-refractivity contribution < 1.29 is 9.52 Å². The Morgan fingerprint density at radius 3 is 2.81 bits per heavy atom. The first-order valence-corrected chi connectivity index (χ1v) is 11.8. The Bertz CT molecular complexity index is 1450. The molecule has 1 aromatic carbocycles. The molecule has 4 heterocycles. The van der Waals surface area contributed by atoms with Crippen LogP contribution in [-0.4, -0.2) is 31.0 Å². The first-order chi connectivity index (χ1) is 15.6. The van der Waals surface area contributed by atoms with E-state index >= 15 is 0 Å². The van der Waals surface area contributed by atoms with E-state index in [0.717, 1.165) is 58.0 Å². The summed E-state index contributed by atoms with van der Waals surface area (Å²) in [5.74, 6) is 0.855. The molecular weight excluding hydrogens is 446 g/mol. The second-order valence-corrected chi connectivity index (χ2v) is 9.42. The summed E-state index contributed by atoms with van der Waals surface area (Å²) >= 11 is 8.45. The van der Waals surface area contributed by atoms with Crippen molar-refractivity contribution in [2.45, 2.75) is 37.8 Å². The van der Waals surface area contributed by atoms with Crippen LogP contribution in [0.25, 0.3) is 43.6 Å². The van der Waals surface area contributed by atoms with E-state index < -0.39 is 0 Å². The number of aliphatic hydroxyl groups excluding tert-OH is 1. The summed E-state index contributed by atoms with van der Waals surface area (Å²) in [4.78, 5) is 8.75. The van der Waals surface area contributed by atoms with E-state index in [1.807, 2.05) is 40.8 Å². The van der Waals surface area contributed by atoms with Gasteiger partial charge in [-0.2, -0.15) is 5.10 Å². The Hall–Kier alpha value is -2.94. The molecule has 9 heteroatoms. The van der Waals surface area contributed by atoms with Crippen LogP contribution in [0.3, 0.4) is 0 Å².